The average molecular weight is 458 g/mol. The highest BCUT2D eigenvalue weighted by Gasteiger charge is 2.54. The minimum absolute atomic E-state index is 0.135. The Morgan fingerprint density at radius 2 is 1.71 bits per heavy atom. The number of hydrogen-bond donors (Lipinski definition) is 0. The minimum Gasteiger partial charge on any atom is -0.544 e. The summed E-state index contributed by atoms with van der Waals surface area (Å²) in [5.41, 5.74) is 4.09. The van der Waals surface area contributed by atoms with E-state index in [1.54, 1.807) is 7.11 Å². The zero-order valence-electron chi connectivity index (χ0n) is 20.5. The molecule has 3 aliphatic carbocycles. The second kappa shape index (κ2) is 7.80. The fraction of sp³-hybridized carbons (Fsp3) is 0.640. The molecular weight excluding hydrogens is 418 g/mol. The molecule has 0 N–H and O–H groups in total. The normalized spacial score (nSPS) is 31.4. The Morgan fingerprint density at radius 1 is 1.00 bits per heavy atom. The van der Waals surface area contributed by atoms with E-state index < -0.39 is 16.6 Å². The first-order valence-electron chi connectivity index (χ1n) is 11.8. The van der Waals surface area contributed by atoms with Crippen molar-refractivity contribution in [3.63, 3.8) is 0 Å². The van der Waals surface area contributed by atoms with Gasteiger partial charge in [0.2, 0.25) is 16.6 Å². The van der Waals surface area contributed by atoms with Crippen LogP contribution in [0.5, 0.6) is 5.75 Å². The third kappa shape index (κ3) is 4.38. The van der Waals surface area contributed by atoms with Gasteiger partial charge in [0.25, 0.3) is 0 Å². The highest BCUT2D eigenvalue weighted by Crippen LogP contribution is 2.60. The van der Waals surface area contributed by atoms with Crippen LogP contribution in [0.2, 0.25) is 39.3 Å². The van der Waals surface area contributed by atoms with Crippen LogP contribution in [0.1, 0.15) is 49.7 Å². The molecule has 0 aromatic heterocycles. The molecule has 2 fully saturated rings. The van der Waals surface area contributed by atoms with Crippen molar-refractivity contribution in [2.45, 2.75) is 77.8 Å². The van der Waals surface area contributed by atoms with Gasteiger partial charge in [0.1, 0.15) is 18.6 Å². The lowest BCUT2D eigenvalue weighted by Gasteiger charge is -2.48. The van der Waals surface area contributed by atoms with E-state index in [1.807, 2.05) is 0 Å². The van der Waals surface area contributed by atoms with Gasteiger partial charge >= 0.3 is 0 Å². The molecule has 0 aliphatic heterocycles. The van der Waals surface area contributed by atoms with E-state index in [9.17, 15) is 0 Å². The number of fused-ring (bicyclic) bond motifs is 5. The largest absolute Gasteiger partial charge is 0.544 e. The van der Waals surface area contributed by atoms with E-state index in [4.69, 9.17) is 13.7 Å². The molecule has 0 unspecified atom stereocenters. The van der Waals surface area contributed by atoms with Gasteiger partial charge in [-0.3, -0.25) is 0 Å². The maximum atomic E-state index is 6.70. The smallest absolute Gasteiger partial charge is 0.242 e. The van der Waals surface area contributed by atoms with Crippen molar-refractivity contribution < 1.29 is 13.7 Å². The summed E-state index contributed by atoms with van der Waals surface area (Å²) in [4.78, 5) is 5.21. The zero-order chi connectivity index (χ0) is 22.6. The molecule has 2 saturated carbocycles. The first-order chi connectivity index (χ1) is 14.4. The Labute approximate surface area is 190 Å². The molecule has 0 amide bonds. The highest BCUT2D eigenvalue weighted by atomic mass is 28.4. The summed E-state index contributed by atoms with van der Waals surface area (Å²) in [5.74, 6) is 3.69. The fourth-order valence-corrected chi connectivity index (χ4v) is 7.69. The van der Waals surface area contributed by atoms with Crippen molar-refractivity contribution in [1.29, 1.82) is 0 Å². The minimum atomic E-state index is -1.76. The molecular formula is C25H39NO3Si2. The van der Waals surface area contributed by atoms with Crippen LogP contribution in [0.3, 0.4) is 0 Å². The van der Waals surface area contributed by atoms with Crippen LogP contribution >= 0.6 is 0 Å². The molecule has 0 heterocycles. The van der Waals surface area contributed by atoms with Crippen LogP contribution in [0.15, 0.2) is 29.4 Å². The summed E-state index contributed by atoms with van der Waals surface area (Å²) in [6.07, 6.45) is 7.06. The predicted molar refractivity (Wildman–Crippen MR) is 134 cm³/mol. The molecule has 0 saturated heterocycles. The van der Waals surface area contributed by atoms with Gasteiger partial charge in [-0.2, -0.15) is 0 Å². The van der Waals surface area contributed by atoms with Crippen molar-refractivity contribution >= 4 is 28.1 Å². The molecule has 0 bridgehead atoms. The number of benzene rings is 1. The quantitative estimate of drug-likeness (QED) is 0.352. The van der Waals surface area contributed by atoms with E-state index >= 15 is 0 Å². The number of allylic oxidation sites excluding steroid dienone is 1. The van der Waals surface area contributed by atoms with Crippen LogP contribution in [-0.2, 0) is 9.26 Å². The Kier molecular flexibility index (Phi) is 5.70. The molecule has 31 heavy (non-hydrogen) atoms. The Bertz CT molecular complexity index is 912. The monoisotopic (exact) mass is 457 g/mol. The van der Waals surface area contributed by atoms with Gasteiger partial charge in [-0.1, -0.05) is 18.1 Å². The lowest BCUT2D eigenvalue weighted by molar-refractivity contribution is 0.131. The highest BCUT2D eigenvalue weighted by molar-refractivity contribution is 6.70. The van der Waals surface area contributed by atoms with Gasteiger partial charge in [0, 0.05) is 11.0 Å². The topological polar surface area (TPSA) is 40.0 Å². The molecule has 1 aromatic carbocycles. The van der Waals surface area contributed by atoms with Crippen molar-refractivity contribution in [3.8, 4) is 5.75 Å². The van der Waals surface area contributed by atoms with E-state index in [0.717, 1.165) is 17.9 Å². The summed E-state index contributed by atoms with van der Waals surface area (Å²) in [5, 5.41) is 4.44. The molecule has 4 nitrogen and oxygen atoms in total. The fourth-order valence-electron chi connectivity index (χ4n) is 6.01. The van der Waals surface area contributed by atoms with Gasteiger partial charge < -0.3 is 13.7 Å². The third-order valence-corrected chi connectivity index (χ3v) is 8.83. The maximum Gasteiger partial charge on any atom is 0.242 e. The molecule has 3 aliphatic rings. The van der Waals surface area contributed by atoms with Gasteiger partial charge in [-0.05, 0) is 106 Å². The molecule has 4 atom stereocenters. The second-order valence-electron chi connectivity index (χ2n) is 11.7. The van der Waals surface area contributed by atoms with Crippen LogP contribution in [0.4, 0.5) is 0 Å². The van der Waals surface area contributed by atoms with Gasteiger partial charge in [0.05, 0.1) is 5.71 Å². The Hall–Kier alpha value is -1.54. The van der Waals surface area contributed by atoms with Crippen LogP contribution in [0, 0.1) is 17.3 Å². The van der Waals surface area contributed by atoms with Gasteiger partial charge in [-0.15, -0.1) is 0 Å². The average Bonchev–Trinajstić information content (AvgIpc) is 2.96. The number of hydrogen-bond acceptors (Lipinski definition) is 4. The zero-order valence-corrected chi connectivity index (χ0v) is 22.5. The SMILES string of the molecule is CON=C1CC[C@H]2[C@@H]3C=C(O[Si](C)(C)C)c4cc(O[Si](C)(C)C)ccc4[C@H]3CC[C@]12C. The molecule has 0 spiro atoms. The summed E-state index contributed by atoms with van der Waals surface area (Å²) in [7, 11) is -1.75. The number of rotatable bonds is 5. The van der Waals surface area contributed by atoms with E-state index in [2.05, 4.69) is 75.6 Å². The van der Waals surface area contributed by atoms with Gasteiger partial charge in [0.15, 0.2) is 0 Å². The summed E-state index contributed by atoms with van der Waals surface area (Å²) in [6.45, 7) is 15.9. The maximum absolute atomic E-state index is 6.70. The molecule has 0 radical (unpaired) electrons. The summed E-state index contributed by atoms with van der Waals surface area (Å²) in [6, 6.07) is 6.76. The van der Waals surface area contributed by atoms with Crippen molar-refractivity contribution in [2.24, 2.45) is 22.4 Å². The van der Waals surface area contributed by atoms with Crippen molar-refractivity contribution in [2.75, 3.05) is 7.11 Å². The molecule has 6 heteroatoms. The molecule has 1 aromatic rings. The molecule has 170 valence electrons. The number of oxime groups is 1. The van der Waals surface area contributed by atoms with Crippen LogP contribution < -0.4 is 4.43 Å². The first kappa shape index (κ1) is 22.7. The third-order valence-electron chi connectivity index (χ3n) is 7.15. The van der Waals surface area contributed by atoms with Crippen molar-refractivity contribution in [1.82, 2.24) is 0 Å². The molecule has 4 rings (SSSR count). The van der Waals surface area contributed by atoms with E-state index in [0.29, 0.717) is 17.8 Å². The first-order valence-corrected chi connectivity index (χ1v) is 18.6. The Morgan fingerprint density at radius 3 is 2.35 bits per heavy atom. The number of nitrogens with zero attached hydrogens (tertiary/aromatic N) is 1. The summed E-state index contributed by atoms with van der Waals surface area (Å²) >= 11 is 0. The van der Waals surface area contributed by atoms with Gasteiger partial charge in [-0.25, -0.2) is 0 Å². The van der Waals surface area contributed by atoms with E-state index in [-0.39, 0.29) is 5.41 Å². The second-order valence-corrected chi connectivity index (χ2v) is 20.6. The predicted octanol–water partition coefficient (Wildman–Crippen LogP) is 7.02. The lowest BCUT2D eigenvalue weighted by atomic mass is 9.57. The Balaban J connectivity index is 1.77. The van der Waals surface area contributed by atoms with E-state index in [1.165, 1.54) is 36.1 Å². The lowest BCUT2D eigenvalue weighted by Crippen LogP contribution is -2.42. The van der Waals surface area contributed by atoms with Crippen LogP contribution in [-0.4, -0.2) is 29.5 Å². The standard InChI is InChI=1S/C25H39NO3Si2/c1-25-14-13-19-18-10-9-17(28-30(3,4)5)15-21(18)23(29-31(6,7)8)16-20(19)22(25)11-12-24(25)26-27-2/h9-10,15-16,19-20,22H,11-14H2,1-8H3/t19-,20-,22+,25+/m1/s1. The van der Waals surface area contributed by atoms with Crippen LogP contribution in [0.25, 0.3) is 5.76 Å². The summed E-state index contributed by atoms with van der Waals surface area (Å²) < 4.78 is 13.0. The van der Waals surface area contributed by atoms with Crippen molar-refractivity contribution in [3.05, 3.63) is 35.4 Å².